The Hall–Kier alpha value is -1.09. The van der Waals surface area contributed by atoms with Crippen molar-refractivity contribution < 1.29 is 9.53 Å². The maximum absolute atomic E-state index is 12.4. The van der Waals surface area contributed by atoms with Gasteiger partial charge in [0.1, 0.15) is 0 Å². The fourth-order valence-corrected chi connectivity index (χ4v) is 4.00. The van der Waals surface area contributed by atoms with E-state index in [-0.39, 0.29) is 11.0 Å². The van der Waals surface area contributed by atoms with Crippen LogP contribution in [0.5, 0.6) is 0 Å². The lowest BCUT2D eigenvalue weighted by Gasteiger charge is -2.40. The monoisotopic (exact) mass is 275 g/mol. The summed E-state index contributed by atoms with van der Waals surface area (Å²) in [5.74, 6) is 0.304. The molecule has 1 aromatic heterocycles. The Labute approximate surface area is 121 Å². The number of rotatable bonds is 1. The Morgan fingerprint density at radius 3 is 2.65 bits per heavy atom. The van der Waals surface area contributed by atoms with E-state index >= 15 is 0 Å². The summed E-state index contributed by atoms with van der Waals surface area (Å²) in [6.07, 6.45) is 3.87. The molecule has 1 saturated heterocycles. The van der Waals surface area contributed by atoms with E-state index < -0.39 is 0 Å². The summed E-state index contributed by atoms with van der Waals surface area (Å²) in [6.45, 7) is 10.4. The van der Waals surface area contributed by atoms with Gasteiger partial charge < -0.3 is 9.30 Å². The van der Waals surface area contributed by atoms with Gasteiger partial charge in [-0.2, -0.15) is 0 Å². The van der Waals surface area contributed by atoms with Crippen LogP contribution in [0.15, 0.2) is 6.07 Å². The van der Waals surface area contributed by atoms with Gasteiger partial charge in [0.15, 0.2) is 5.78 Å². The second kappa shape index (κ2) is 4.45. The van der Waals surface area contributed by atoms with Gasteiger partial charge in [0.2, 0.25) is 0 Å². The number of Topliss-reactive ketones (excluding diaryl/α,β-unsaturated/α-hetero) is 1. The van der Waals surface area contributed by atoms with Gasteiger partial charge in [0.05, 0.1) is 12.1 Å². The Morgan fingerprint density at radius 2 is 2.00 bits per heavy atom. The lowest BCUT2D eigenvalue weighted by molar-refractivity contribution is 0.00679. The Morgan fingerprint density at radius 1 is 1.25 bits per heavy atom. The molecule has 110 valence electrons. The van der Waals surface area contributed by atoms with Crippen LogP contribution in [0.3, 0.4) is 0 Å². The maximum atomic E-state index is 12.4. The zero-order valence-electron chi connectivity index (χ0n) is 13.1. The van der Waals surface area contributed by atoms with E-state index in [2.05, 4.69) is 38.3 Å². The van der Waals surface area contributed by atoms with Crippen LogP contribution in [0.4, 0.5) is 0 Å². The Bertz CT molecular complexity index is 548. The third kappa shape index (κ3) is 2.12. The fourth-order valence-electron chi connectivity index (χ4n) is 4.00. The minimum absolute atomic E-state index is 0.00359. The van der Waals surface area contributed by atoms with Crippen LogP contribution >= 0.6 is 0 Å². The zero-order chi connectivity index (χ0) is 14.5. The minimum atomic E-state index is 0.00359. The van der Waals surface area contributed by atoms with Crippen molar-refractivity contribution in [2.45, 2.75) is 58.9 Å². The first kappa shape index (κ1) is 13.9. The van der Waals surface area contributed by atoms with Gasteiger partial charge in [0.25, 0.3) is 0 Å². The van der Waals surface area contributed by atoms with Gasteiger partial charge in [-0.15, -0.1) is 0 Å². The third-order valence-corrected chi connectivity index (χ3v) is 4.83. The van der Waals surface area contributed by atoms with Crippen molar-refractivity contribution in [3.8, 4) is 0 Å². The lowest BCUT2D eigenvalue weighted by Crippen LogP contribution is -2.42. The first-order chi connectivity index (χ1) is 9.32. The Balaban J connectivity index is 2.11. The van der Waals surface area contributed by atoms with Gasteiger partial charge in [-0.3, -0.25) is 4.79 Å². The molecule has 1 unspecified atom stereocenters. The highest BCUT2D eigenvalue weighted by molar-refractivity contribution is 5.99. The largest absolute Gasteiger partial charge is 0.379 e. The highest BCUT2D eigenvalue weighted by Crippen LogP contribution is 2.40. The predicted octanol–water partition coefficient (Wildman–Crippen LogP) is 3.48. The molecule has 0 bridgehead atoms. The molecule has 0 amide bonds. The molecule has 2 aliphatic rings. The van der Waals surface area contributed by atoms with Crippen molar-refractivity contribution >= 4 is 5.78 Å². The molecule has 0 spiro atoms. The summed E-state index contributed by atoms with van der Waals surface area (Å²) in [4.78, 5) is 12.4. The molecule has 0 aromatic carbocycles. The molecule has 0 radical (unpaired) electrons. The van der Waals surface area contributed by atoms with E-state index in [1.165, 1.54) is 11.4 Å². The zero-order valence-corrected chi connectivity index (χ0v) is 13.1. The highest BCUT2D eigenvalue weighted by atomic mass is 16.5. The van der Waals surface area contributed by atoms with Gasteiger partial charge in [0, 0.05) is 30.0 Å². The van der Waals surface area contributed by atoms with Crippen LogP contribution in [0.25, 0.3) is 0 Å². The summed E-state index contributed by atoms with van der Waals surface area (Å²) < 4.78 is 8.13. The number of nitrogens with zero attached hydrogens (tertiary/aromatic N) is 1. The van der Waals surface area contributed by atoms with E-state index in [0.717, 1.165) is 38.0 Å². The van der Waals surface area contributed by atoms with Crippen LogP contribution in [-0.4, -0.2) is 23.6 Å². The van der Waals surface area contributed by atoms with Crippen LogP contribution < -0.4 is 0 Å². The summed E-state index contributed by atoms with van der Waals surface area (Å²) in [5.41, 5.74) is 3.46. The second-order valence-electron chi connectivity index (χ2n) is 7.58. The van der Waals surface area contributed by atoms with Gasteiger partial charge in [-0.1, -0.05) is 13.8 Å². The SMILES string of the molecule is Cc1cc2c(n1C1(C)CCCOC1)CC(C)(C)CC2=O. The van der Waals surface area contributed by atoms with E-state index in [1.54, 1.807) is 0 Å². The minimum Gasteiger partial charge on any atom is -0.379 e. The van der Waals surface area contributed by atoms with Crippen molar-refractivity contribution in [2.75, 3.05) is 13.2 Å². The number of ether oxygens (including phenoxy) is 1. The van der Waals surface area contributed by atoms with Crippen LogP contribution in [0, 0.1) is 12.3 Å². The molecule has 1 aliphatic carbocycles. The summed E-state index contributed by atoms with van der Waals surface area (Å²) >= 11 is 0. The average molecular weight is 275 g/mol. The second-order valence-corrected chi connectivity index (χ2v) is 7.58. The number of aryl methyl sites for hydroxylation is 1. The van der Waals surface area contributed by atoms with Crippen molar-refractivity contribution in [3.05, 3.63) is 23.0 Å². The fraction of sp³-hybridized carbons (Fsp3) is 0.706. The van der Waals surface area contributed by atoms with Crippen molar-refractivity contribution in [3.63, 3.8) is 0 Å². The predicted molar refractivity (Wildman–Crippen MR) is 79.3 cm³/mol. The topological polar surface area (TPSA) is 31.2 Å². The number of carbonyl (C=O) groups excluding carboxylic acids is 1. The molecule has 3 rings (SSSR count). The van der Waals surface area contributed by atoms with E-state index in [0.29, 0.717) is 12.2 Å². The van der Waals surface area contributed by atoms with Crippen molar-refractivity contribution in [1.29, 1.82) is 0 Å². The van der Waals surface area contributed by atoms with E-state index in [1.807, 2.05) is 0 Å². The third-order valence-electron chi connectivity index (χ3n) is 4.83. The number of fused-ring (bicyclic) bond motifs is 1. The van der Waals surface area contributed by atoms with Crippen LogP contribution in [0.2, 0.25) is 0 Å². The normalized spacial score (nSPS) is 29.3. The highest BCUT2D eigenvalue weighted by Gasteiger charge is 2.39. The molecule has 20 heavy (non-hydrogen) atoms. The standard InChI is InChI=1S/C17H25NO2/c1-12-8-13-14(9-16(2,3)10-15(13)19)18(12)17(4)6-5-7-20-11-17/h8H,5-7,9-11H2,1-4H3. The molecular weight excluding hydrogens is 250 g/mol. The molecule has 2 heterocycles. The van der Waals surface area contributed by atoms with Gasteiger partial charge in [-0.05, 0) is 44.6 Å². The van der Waals surface area contributed by atoms with Gasteiger partial charge >= 0.3 is 0 Å². The number of hydrogen-bond acceptors (Lipinski definition) is 2. The van der Waals surface area contributed by atoms with Crippen molar-refractivity contribution in [1.82, 2.24) is 4.57 Å². The lowest BCUT2D eigenvalue weighted by atomic mass is 9.76. The quantitative estimate of drug-likeness (QED) is 0.785. The maximum Gasteiger partial charge on any atom is 0.165 e. The molecule has 1 atom stereocenters. The first-order valence-corrected chi connectivity index (χ1v) is 7.65. The Kier molecular flexibility index (Phi) is 3.09. The van der Waals surface area contributed by atoms with Crippen LogP contribution in [0.1, 0.15) is 61.8 Å². The molecule has 3 nitrogen and oxygen atoms in total. The molecule has 0 saturated carbocycles. The number of carbonyl (C=O) groups is 1. The van der Waals surface area contributed by atoms with Gasteiger partial charge in [-0.25, -0.2) is 0 Å². The van der Waals surface area contributed by atoms with Crippen molar-refractivity contribution in [2.24, 2.45) is 5.41 Å². The number of aromatic nitrogens is 1. The van der Waals surface area contributed by atoms with E-state index in [9.17, 15) is 4.79 Å². The smallest absolute Gasteiger partial charge is 0.165 e. The summed E-state index contributed by atoms with van der Waals surface area (Å²) in [7, 11) is 0. The molecule has 3 heteroatoms. The number of ketones is 1. The summed E-state index contributed by atoms with van der Waals surface area (Å²) in [5, 5.41) is 0. The first-order valence-electron chi connectivity index (χ1n) is 7.65. The van der Waals surface area contributed by atoms with E-state index in [4.69, 9.17) is 4.74 Å². The average Bonchev–Trinajstić information content (AvgIpc) is 2.66. The molecule has 1 aromatic rings. The number of hydrogen-bond donors (Lipinski definition) is 0. The molecular formula is C17H25NO2. The van der Waals surface area contributed by atoms with Crippen LogP contribution in [-0.2, 0) is 16.7 Å². The molecule has 1 aliphatic heterocycles. The summed E-state index contributed by atoms with van der Waals surface area (Å²) in [6, 6.07) is 2.09. The molecule has 0 N–H and O–H groups in total. The molecule has 1 fully saturated rings.